The first-order chi connectivity index (χ1) is 16.6. The molecule has 8 heteroatoms. The van der Waals surface area contributed by atoms with Crippen LogP contribution in [-0.4, -0.2) is 45.4 Å². The molecule has 0 aromatic heterocycles. The van der Waals surface area contributed by atoms with Crippen molar-refractivity contribution in [1.82, 2.24) is 10.7 Å². The summed E-state index contributed by atoms with van der Waals surface area (Å²) < 4.78 is 16.3. The van der Waals surface area contributed by atoms with Crippen LogP contribution in [0.5, 0.6) is 17.2 Å². The van der Waals surface area contributed by atoms with Gasteiger partial charge >= 0.3 is 0 Å². The van der Waals surface area contributed by atoms with E-state index in [0.717, 1.165) is 29.2 Å². The molecule has 2 N–H and O–H groups in total. The number of fused-ring (bicyclic) bond motifs is 1. The zero-order valence-corrected chi connectivity index (χ0v) is 19.6. The number of amides is 2. The minimum atomic E-state index is -0.459. The van der Waals surface area contributed by atoms with Crippen LogP contribution in [0.15, 0.2) is 59.7 Å². The van der Waals surface area contributed by atoms with E-state index in [9.17, 15) is 9.59 Å². The number of carbonyl (C=O) groups is 2. The van der Waals surface area contributed by atoms with Crippen LogP contribution in [0, 0.1) is 0 Å². The van der Waals surface area contributed by atoms with Gasteiger partial charge in [0.2, 0.25) is 0 Å². The van der Waals surface area contributed by atoms with Crippen molar-refractivity contribution in [2.45, 2.75) is 19.8 Å². The van der Waals surface area contributed by atoms with Gasteiger partial charge in [0.25, 0.3) is 11.8 Å². The van der Waals surface area contributed by atoms with Crippen LogP contribution in [-0.2, 0) is 4.79 Å². The average Bonchev–Trinajstić information content (AvgIpc) is 2.87. The van der Waals surface area contributed by atoms with Crippen molar-refractivity contribution < 1.29 is 23.8 Å². The fourth-order valence-electron chi connectivity index (χ4n) is 3.31. The zero-order chi connectivity index (χ0) is 24.3. The molecule has 0 saturated carbocycles. The van der Waals surface area contributed by atoms with Gasteiger partial charge in [0.15, 0.2) is 11.5 Å². The lowest BCUT2D eigenvalue weighted by molar-refractivity contribution is -0.120. The second kappa shape index (κ2) is 12.2. The van der Waals surface area contributed by atoms with Crippen LogP contribution >= 0.6 is 0 Å². The van der Waals surface area contributed by atoms with Crippen LogP contribution in [0.25, 0.3) is 10.8 Å². The summed E-state index contributed by atoms with van der Waals surface area (Å²) in [6, 6.07) is 16.6. The first-order valence-corrected chi connectivity index (χ1v) is 11.0. The lowest BCUT2D eigenvalue weighted by Crippen LogP contribution is -2.34. The minimum Gasteiger partial charge on any atom is -0.493 e. The third kappa shape index (κ3) is 6.25. The van der Waals surface area contributed by atoms with Crippen molar-refractivity contribution in [3.8, 4) is 17.2 Å². The van der Waals surface area contributed by atoms with Crippen LogP contribution in [0.2, 0.25) is 0 Å². The SMILES string of the molecule is CCCCOc1ccc2ccccc2c1/C=N\NC(=O)CNC(=O)c1ccc(OC)c(OC)c1. The molecule has 8 nitrogen and oxygen atoms in total. The molecular formula is C26H29N3O5. The van der Waals surface area contributed by atoms with E-state index in [1.807, 2.05) is 36.4 Å². The van der Waals surface area contributed by atoms with E-state index in [2.05, 4.69) is 22.8 Å². The first-order valence-electron chi connectivity index (χ1n) is 11.0. The summed E-state index contributed by atoms with van der Waals surface area (Å²) in [5.74, 6) is 0.764. The highest BCUT2D eigenvalue weighted by Gasteiger charge is 2.12. The third-order valence-electron chi connectivity index (χ3n) is 5.12. The number of hydrogen-bond acceptors (Lipinski definition) is 6. The van der Waals surface area contributed by atoms with E-state index in [4.69, 9.17) is 14.2 Å². The van der Waals surface area contributed by atoms with E-state index in [1.54, 1.807) is 24.4 Å². The fourth-order valence-corrected chi connectivity index (χ4v) is 3.31. The van der Waals surface area contributed by atoms with Gasteiger partial charge in [0.1, 0.15) is 5.75 Å². The Hall–Kier alpha value is -4.07. The molecule has 3 rings (SSSR count). The molecule has 3 aromatic carbocycles. The highest BCUT2D eigenvalue weighted by molar-refractivity contribution is 6.03. The largest absolute Gasteiger partial charge is 0.493 e. The topological polar surface area (TPSA) is 98.2 Å². The van der Waals surface area contributed by atoms with Crippen molar-refractivity contribution in [3.05, 3.63) is 65.7 Å². The predicted molar refractivity (Wildman–Crippen MR) is 132 cm³/mol. The van der Waals surface area contributed by atoms with Gasteiger partial charge in [-0.3, -0.25) is 9.59 Å². The molecule has 0 aliphatic carbocycles. The van der Waals surface area contributed by atoms with Crippen LogP contribution in [0.3, 0.4) is 0 Å². The molecule has 0 atom stereocenters. The van der Waals surface area contributed by atoms with Gasteiger partial charge in [-0.1, -0.05) is 43.7 Å². The number of methoxy groups -OCH3 is 2. The number of ether oxygens (including phenoxy) is 3. The van der Waals surface area contributed by atoms with Crippen molar-refractivity contribution in [1.29, 1.82) is 0 Å². The van der Waals surface area contributed by atoms with Crippen molar-refractivity contribution in [3.63, 3.8) is 0 Å². The summed E-state index contributed by atoms with van der Waals surface area (Å²) in [5, 5.41) is 8.67. The Labute approximate surface area is 198 Å². The molecule has 178 valence electrons. The molecule has 34 heavy (non-hydrogen) atoms. The van der Waals surface area contributed by atoms with Gasteiger partial charge in [0, 0.05) is 11.1 Å². The Morgan fingerprint density at radius 2 is 1.74 bits per heavy atom. The number of hydrogen-bond donors (Lipinski definition) is 2. The zero-order valence-electron chi connectivity index (χ0n) is 19.6. The van der Waals surface area contributed by atoms with Crippen LogP contribution < -0.4 is 25.0 Å². The predicted octanol–water partition coefficient (Wildman–Crippen LogP) is 3.92. The number of nitrogens with one attached hydrogen (secondary N) is 2. The second-order valence-corrected chi connectivity index (χ2v) is 7.45. The fraction of sp³-hybridized carbons (Fsp3) is 0.269. The summed E-state index contributed by atoms with van der Waals surface area (Å²) in [6.45, 7) is 2.47. The molecule has 0 aliphatic rings. The summed E-state index contributed by atoms with van der Waals surface area (Å²) >= 11 is 0. The highest BCUT2D eigenvalue weighted by Crippen LogP contribution is 2.28. The van der Waals surface area contributed by atoms with Crippen LogP contribution in [0.4, 0.5) is 0 Å². The molecule has 0 radical (unpaired) electrons. The number of hydrazone groups is 1. The van der Waals surface area contributed by atoms with Crippen LogP contribution in [0.1, 0.15) is 35.7 Å². The summed E-state index contributed by atoms with van der Waals surface area (Å²) in [5.41, 5.74) is 3.58. The molecule has 2 amide bonds. The summed E-state index contributed by atoms with van der Waals surface area (Å²) in [7, 11) is 3.00. The number of benzene rings is 3. The maximum Gasteiger partial charge on any atom is 0.259 e. The van der Waals surface area contributed by atoms with Gasteiger partial charge < -0.3 is 19.5 Å². The van der Waals surface area contributed by atoms with E-state index >= 15 is 0 Å². The standard InChI is InChI=1S/C26H29N3O5/c1-4-5-14-34-22-12-10-18-8-6-7-9-20(18)21(22)16-28-29-25(30)17-27-26(31)19-11-13-23(32-2)24(15-19)33-3/h6-13,15-16H,4-5,14,17H2,1-3H3,(H,27,31)(H,29,30)/b28-16-. The Kier molecular flexibility index (Phi) is 8.85. The molecule has 0 bridgehead atoms. The quantitative estimate of drug-likeness (QED) is 0.255. The maximum atomic E-state index is 12.4. The molecule has 0 aliphatic heterocycles. The smallest absolute Gasteiger partial charge is 0.259 e. The molecule has 3 aromatic rings. The van der Waals surface area contributed by atoms with Crippen molar-refractivity contribution in [2.75, 3.05) is 27.4 Å². The highest BCUT2D eigenvalue weighted by atomic mass is 16.5. The Morgan fingerprint density at radius 3 is 2.50 bits per heavy atom. The minimum absolute atomic E-state index is 0.236. The van der Waals surface area contributed by atoms with Gasteiger partial charge in [-0.2, -0.15) is 5.10 Å². The number of unbranched alkanes of at least 4 members (excludes halogenated alkanes) is 1. The van der Waals surface area contributed by atoms with Gasteiger partial charge in [-0.25, -0.2) is 5.43 Å². The van der Waals surface area contributed by atoms with Gasteiger partial charge in [-0.05, 0) is 41.5 Å². The molecule has 0 fully saturated rings. The van der Waals surface area contributed by atoms with Crippen molar-refractivity contribution >= 4 is 28.8 Å². The lowest BCUT2D eigenvalue weighted by Gasteiger charge is -2.11. The Balaban J connectivity index is 1.63. The van der Waals surface area contributed by atoms with E-state index in [-0.39, 0.29) is 6.54 Å². The maximum absolute atomic E-state index is 12.4. The summed E-state index contributed by atoms with van der Waals surface area (Å²) in [4.78, 5) is 24.6. The summed E-state index contributed by atoms with van der Waals surface area (Å²) in [6.07, 6.45) is 3.54. The van der Waals surface area contributed by atoms with E-state index in [1.165, 1.54) is 14.2 Å². The number of nitrogens with zero attached hydrogens (tertiary/aromatic N) is 1. The first kappa shape index (κ1) is 24.6. The Bertz CT molecular complexity index is 1180. The molecule has 0 unspecified atom stereocenters. The molecule has 0 heterocycles. The lowest BCUT2D eigenvalue weighted by atomic mass is 10.0. The van der Waals surface area contributed by atoms with Gasteiger partial charge in [0.05, 0.1) is 33.6 Å². The molecular weight excluding hydrogens is 434 g/mol. The monoisotopic (exact) mass is 463 g/mol. The van der Waals surface area contributed by atoms with Gasteiger partial charge in [-0.15, -0.1) is 0 Å². The average molecular weight is 464 g/mol. The molecule has 0 spiro atoms. The third-order valence-corrected chi connectivity index (χ3v) is 5.12. The second-order valence-electron chi connectivity index (χ2n) is 7.45. The Morgan fingerprint density at radius 1 is 0.971 bits per heavy atom. The molecule has 0 saturated heterocycles. The number of rotatable bonds is 11. The number of carbonyl (C=O) groups excluding carboxylic acids is 2. The van der Waals surface area contributed by atoms with Crippen molar-refractivity contribution in [2.24, 2.45) is 5.10 Å². The van der Waals surface area contributed by atoms with E-state index in [0.29, 0.717) is 29.4 Å². The van der Waals surface area contributed by atoms with E-state index < -0.39 is 11.8 Å². The normalized spacial score (nSPS) is 10.8.